The highest BCUT2D eigenvalue weighted by Gasteiger charge is 2.39. The molecular weight excluding hydrogens is 244 g/mol. The minimum Gasteiger partial charge on any atom is -0.480 e. The van der Waals surface area contributed by atoms with Crippen LogP contribution in [-0.2, 0) is 9.59 Å². The normalized spacial score (nSPS) is 19.7. The van der Waals surface area contributed by atoms with Crippen molar-refractivity contribution >= 4 is 11.9 Å². The molecule has 0 aromatic heterocycles. The van der Waals surface area contributed by atoms with Crippen LogP contribution in [0.15, 0.2) is 0 Å². The maximum Gasteiger partial charge on any atom is 0.326 e. The molecule has 1 aliphatic rings. The standard InChI is InChI=1S/C14H26N2O3/c1-3-5-6-11(12(17)18)16-13(19)14(4-2)7-9-15-10-8-14/h11,15H,3-10H2,1-2H3,(H,16,19)(H,17,18). The van der Waals surface area contributed by atoms with E-state index in [4.69, 9.17) is 0 Å². The first-order chi connectivity index (χ1) is 9.05. The van der Waals surface area contributed by atoms with E-state index in [-0.39, 0.29) is 11.3 Å². The highest BCUT2D eigenvalue weighted by molar-refractivity contribution is 5.87. The van der Waals surface area contributed by atoms with Gasteiger partial charge in [-0.2, -0.15) is 0 Å². The molecule has 0 aromatic carbocycles. The van der Waals surface area contributed by atoms with E-state index >= 15 is 0 Å². The molecule has 0 aromatic rings. The third-order valence-corrected chi connectivity index (χ3v) is 4.17. The fourth-order valence-corrected chi connectivity index (χ4v) is 2.62. The molecule has 5 nitrogen and oxygen atoms in total. The van der Waals surface area contributed by atoms with Gasteiger partial charge < -0.3 is 15.7 Å². The Labute approximate surface area is 115 Å². The largest absolute Gasteiger partial charge is 0.480 e. The molecule has 1 aliphatic heterocycles. The SMILES string of the molecule is CCCCC(NC(=O)C1(CC)CCNCC1)C(=O)O. The second-order valence-corrected chi connectivity index (χ2v) is 5.39. The summed E-state index contributed by atoms with van der Waals surface area (Å²) in [6.45, 7) is 5.68. The maximum atomic E-state index is 12.4. The Hall–Kier alpha value is -1.10. The van der Waals surface area contributed by atoms with Crippen LogP contribution >= 0.6 is 0 Å². The van der Waals surface area contributed by atoms with E-state index in [1.54, 1.807) is 0 Å². The Balaban J connectivity index is 2.65. The number of aliphatic carboxylic acids is 1. The minimum atomic E-state index is -0.929. The minimum absolute atomic E-state index is 0.0833. The molecular formula is C14H26N2O3. The molecule has 1 unspecified atom stereocenters. The maximum absolute atomic E-state index is 12.4. The van der Waals surface area contributed by atoms with Crippen molar-refractivity contribution in [2.75, 3.05) is 13.1 Å². The van der Waals surface area contributed by atoms with Crippen molar-refractivity contribution in [1.82, 2.24) is 10.6 Å². The van der Waals surface area contributed by atoms with E-state index in [1.807, 2.05) is 13.8 Å². The summed E-state index contributed by atoms with van der Waals surface area (Å²) in [5.74, 6) is -1.01. The fraction of sp³-hybridized carbons (Fsp3) is 0.857. The summed E-state index contributed by atoms with van der Waals surface area (Å²) >= 11 is 0. The van der Waals surface area contributed by atoms with Crippen LogP contribution in [-0.4, -0.2) is 36.1 Å². The molecule has 1 fully saturated rings. The molecule has 0 radical (unpaired) electrons. The second kappa shape index (κ2) is 7.48. The molecule has 19 heavy (non-hydrogen) atoms. The van der Waals surface area contributed by atoms with Crippen LogP contribution in [0.5, 0.6) is 0 Å². The highest BCUT2D eigenvalue weighted by atomic mass is 16.4. The Morgan fingerprint density at radius 1 is 1.32 bits per heavy atom. The Morgan fingerprint density at radius 2 is 1.95 bits per heavy atom. The van der Waals surface area contributed by atoms with Crippen molar-refractivity contribution in [1.29, 1.82) is 0 Å². The zero-order valence-corrected chi connectivity index (χ0v) is 12.0. The van der Waals surface area contributed by atoms with E-state index in [0.717, 1.165) is 45.2 Å². The van der Waals surface area contributed by atoms with Gasteiger partial charge in [-0.15, -0.1) is 0 Å². The van der Waals surface area contributed by atoms with Gasteiger partial charge in [-0.25, -0.2) is 4.79 Å². The summed E-state index contributed by atoms with van der Waals surface area (Å²) in [6, 6.07) is -0.745. The fourth-order valence-electron chi connectivity index (χ4n) is 2.62. The predicted octanol–water partition coefficient (Wildman–Crippen LogP) is 1.53. The summed E-state index contributed by atoms with van der Waals surface area (Å²) in [5, 5.41) is 15.2. The van der Waals surface area contributed by atoms with Crippen LogP contribution in [0.1, 0.15) is 52.4 Å². The number of hydrogen-bond acceptors (Lipinski definition) is 3. The Bertz CT molecular complexity index is 312. The van der Waals surface area contributed by atoms with Crippen LogP contribution < -0.4 is 10.6 Å². The van der Waals surface area contributed by atoms with E-state index in [2.05, 4.69) is 10.6 Å². The lowest BCUT2D eigenvalue weighted by atomic mass is 9.75. The number of amides is 1. The van der Waals surface area contributed by atoms with Gasteiger partial charge in [-0.3, -0.25) is 4.79 Å². The zero-order chi connectivity index (χ0) is 14.3. The summed E-state index contributed by atoms with van der Waals surface area (Å²) in [7, 11) is 0. The van der Waals surface area contributed by atoms with Crippen molar-refractivity contribution < 1.29 is 14.7 Å². The predicted molar refractivity (Wildman–Crippen MR) is 73.9 cm³/mol. The summed E-state index contributed by atoms with van der Waals surface area (Å²) < 4.78 is 0. The molecule has 1 atom stereocenters. The third-order valence-electron chi connectivity index (χ3n) is 4.17. The van der Waals surface area contributed by atoms with Gasteiger partial charge in [0.15, 0.2) is 0 Å². The molecule has 3 N–H and O–H groups in total. The van der Waals surface area contributed by atoms with Gasteiger partial charge in [-0.05, 0) is 38.8 Å². The Kier molecular flexibility index (Phi) is 6.28. The molecule has 0 saturated carbocycles. The van der Waals surface area contributed by atoms with Gasteiger partial charge in [0, 0.05) is 0 Å². The number of carbonyl (C=O) groups excluding carboxylic acids is 1. The molecule has 0 bridgehead atoms. The monoisotopic (exact) mass is 270 g/mol. The van der Waals surface area contributed by atoms with Crippen molar-refractivity contribution in [3.8, 4) is 0 Å². The van der Waals surface area contributed by atoms with Gasteiger partial charge in [0.1, 0.15) is 6.04 Å². The summed E-state index contributed by atoms with van der Waals surface area (Å²) in [5.41, 5.74) is -0.384. The number of hydrogen-bond donors (Lipinski definition) is 3. The molecule has 1 rings (SSSR count). The number of carboxylic acids is 1. The lowest BCUT2D eigenvalue weighted by molar-refractivity contribution is -0.144. The van der Waals surface area contributed by atoms with Crippen LogP contribution in [0.3, 0.4) is 0 Å². The summed E-state index contributed by atoms with van der Waals surface area (Å²) in [4.78, 5) is 23.6. The first kappa shape index (κ1) is 16.0. The zero-order valence-electron chi connectivity index (χ0n) is 12.0. The first-order valence-corrected chi connectivity index (χ1v) is 7.30. The number of piperidine rings is 1. The van der Waals surface area contributed by atoms with Crippen LogP contribution in [0.4, 0.5) is 0 Å². The molecule has 0 aliphatic carbocycles. The van der Waals surface area contributed by atoms with E-state index < -0.39 is 12.0 Å². The van der Waals surface area contributed by atoms with E-state index in [1.165, 1.54) is 0 Å². The number of rotatable bonds is 7. The number of unbranched alkanes of at least 4 members (excludes halogenated alkanes) is 1. The molecule has 1 amide bonds. The van der Waals surface area contributed by atoms with Gasteiger partial charge in [0.25, 0.3) is 0 Å². The first-order valence-electron chi connectivity index (χ1n) is 7.30. The second-order valence-electron chi connectivity index (χ2n) is 5.39. The number of carboxylic acid groups (broad SMARTS) is 1. The lowest BCUT2D eigenvalue weighted by Crippen LogP contribution is -2.51. The highest BCUT2D eigenvalue weighted by Crippen LogP contribution is 2.32. The average molecular weight is 270 g/mol. The lowest BCUT2D eigenvalue weighted by Gasteiger charge is -2.36. The molecule has 1 heterocycles. The molecule has 110 valence electrons. The number of nitrogens with one attached hydrogen (secondary N) is 2. The van der Waals surface area contributed by atoms with E-state index in [0.29, 0.717) is 6.42 Å². The smallest absolute Gasteiger partial charge is 0.326 e. The quantitative estimate of drug-likeness (QED) is 0.655. The van der Waals surface area contributed by atoms with Crippen LogP contribution in [0, 0.1) is 5.41 Å². The molecule has 1 saturated heterocycles. The molecule has 5 heteroatoms. The van der Waals surface area contributed by atoms with Crippen LogP contribution in [0.2, 0.25) is 0 Å². The van der Waals surface area contributed by atoms with Gasteiger partial charge in [0.2, 0.25) is 5.91 Å². The van der Waals surface area contributed by atoms with Gasteiger partial charge in [0.05, 0.1) is 5.41 Å². The third kappa shape index (κ3) is 4.20. The van der Waals surface area contributed by atoms with E-state index in [9.17, 15) is 14.7 Å². The number of carbonyl (C=O) groups is 2. The average Bonchev–Trinajstić information content (AvgIpc) is 2.43. The van der Waals surface area contributed by atoms with Crippen molar-refractivity contribution in [3.05, 3.63) is 0 Å². The Morgan fingerprint density at radius 3 is 2.42 bits per heavy atom. The van der Waals surface area contributed by atoms with Gasteiger partial charge >= 0.3 is 5.97 Å². The van der Waals surface area contributed by atoms with Crippen LogP contribution in [0.25, 0.3) is 0 Å². The topological polar surface area (TPSA) is 78.4 Å². The summed E-state index contributed by atoms with van der Waals surface area (Å²) in [6.07, 6.45) is 4.60. The van der Waals surface area contributed by atoms with Crippen molar-refractivity contribution in [2.45, 2.75) is 58.4 Å². The van der Waals surface area contributed by atoms with Crippen molar-refractivity contribution in [2.24, 2.45) is 5.41 Å². The van der Waals surface area contributed by atoms with Crippen molar-refractivity contribution in [3.63, 3.8) is 0 Å². The molecule has 0 spiro atoms. The van der Waals surface area contributed by atoms with Gasteiger partial charge in [-0.1, -0.05) is 26.7 Å².